The van der Waals surface area contributed by atoms with E-state index in [9.17, 15) is 14.9 Å². The van der Waals surface area contributed by atoms with Gasteiger partial charge < -0.3 is 15.5 Å². The van der Waals surface area contributed by atoms with Gasteiger partial charge in [0.05, 0.1) is 4.92 Å². The van der Waals surface area contributed by atoms with Gasteiger partial charge >= 0.3 is 0 Å². The predicted octanol–water partition coefficient (Wildman–Crippen LogP) is 1.89. The van der Waals surface area contributed by atoms with E-state index in [1.165, 1.54) is 6.07 Å². The number of likely N-dealkylation sites (tertiary alicyclic amines) is 1. The molecule has 1 aromatic carbocycles. The Morgan fingerprint density at radius 3 is 2.88 bits per heavy atom. The van der Waals surface area contributed by atoms with Crippen LogP contribution in [0.2, 0.25) is 0 Å². The fourth-order valence-corrected chi connectivity index (χ4v) is 3.77. The number of para-hydroxylation sites is 1. The van der Waals surface area contributed by atoms with Crippen molar-refractivity contribution < 1.29 is 9.72 Å². The van der Waals surface area contributed by atoms with Gasteiger partial charge in [0, 0.05) is 56.7 Å². The Labute approximate surface area is 169 Å². The van der Waals surface area contributed by atoms with Gasteiger partial charge in [-0.25, -0.2) is 0 Å². The Morgan fingerprint density at radius 1 is 1.46 bits per heavy atom. The lowest BCUT2D eigenvalue weighted by molar-refractivity contribution is -0.385. The molecule has 2 fully saturated rings. The van der Waals surface area contributed by atoms with Gasteiger partial charge in [-0.15, -0.1) is 24.0 Å². The first-order valence-corrected chi connectivity index (χ1v) is 8.48. The number of piperidine rings is 1. The lowest BCUT2D eigenvalue weighted by Gasteiger charge is -2.40. The molecule has 1 spiro atoms. The van der Waals surface area contributed by atoms with Crippen LogP contribution in [0.25, 0.3) is 0 Å². The summed E-state index contributed by atoms with van der Waals surface area (Å²) in [6.07, 6.45) is 2.59. The van der Waals surface area contributed by atoms with Crippen molar-refractivity contribution >= 4 is 41.5 Å². The first-order valence-electron chi connectivity index (χ1n) is 8.48. The monoisotopic (exact) mass is 473 g/mol. The topological polar surface area (TPSA) is 99.9 Å². The summed E-state index contributed by atoms with van der Waals surface area (Å²) in [6, 6.07) is 6.70. The number of aliphatic imine (C=N–C) groups is 1. The molecule has 142 valence electrons. The molecule has 8 nitrogen and oxygen atoms in total. The smallest absolute Gasteiger partial charge is 0.274 e. The van der Waals surface area contributed by atoms with Crippen molar-refractivity contribution in [2.45, 2.75) is 25.8 Å². The highest BCUT2D eigenvalue weighted by Gasteiger charge is 2.42. The summed E-state index contributed by atoms with van der Waals surface area (Å²) in [6.45, 7) is 2.68. The molecule has 0 aliphatic carbocycles. The summed E-state index contributed by atoms with van der Waals surface area (Å²) in [5.41, 5.74) is 0.704. The summed E-state index contributed by atoms with van der Waals surface area (Å²) in [5, 5.41) is 17.3. The van der Waals surface area contributed by atoms with E-state index in [0.29, 0.717) is 25.1 Å². The minimum Gasteiger partial charge on any atom is -0.355 e. The number of hydrogen-bond donors (Lipinski definition) is 2. The van der Waals surface area contributed by atoms with Gasteiger partial charge in [-0.2, -0.15) is 0 Å². The number of nitro benzene ring substituents is 1. The van der Waals surface area contributed by atoms with Crippen LogP contribution in [-0.2, 0) is 11.3 Å². The highest BCUT2D eigenvalue weighted by Crippen LogP contribution is 2.36. The van der Waals surface area contributed by atoms with Gasteiger partial charge in [-0.1, -0.05) is 18.2 Å². The number of nitro groups is 1. The summed E-state index contributed by atoms with van der Waals surface area (Å²) >= 11 is 0. The van der Waals surface area contributed by atoms with Gasteiger partial charge in [-0.3, -0.25) is 19.9 Å². The van der Waals surface area contributed by atoms with Crippen molar-refractivity contribution in [1.82, 2.24) is 15.5 Å². The maximum Gasteiger partial charge on any atom is 0.274 e. The lowest BCUT2D eigenvalue weighted by Crippen LogP contribution is -2.51. The SMILES string of the molecule is CN=C(NCc1ccccc1[N+](=O)[O-])N1CCCC2(CNC(=O)C2)C1.I. The quantitative estimate of drug-likeness (QED) is 0.230. The second-order valence-corrected chi connectivity index (χ2v) is 6.77. The zero-order chi connectivity index (χ0) is 17.9. The largest absolute Gasteiger partial charge is 0.355 e. The molecular formula is C17H24IN5O3. The van der Waals surface area contributed by atoms with Crippen molar-refractivity contribution in [1.29, 1.82) is 0 Å². The number of amides is 1. The Balaban J connectivity index is 0.00000243. The van der Waals surface area contributed by atoms with Crippen LogP contribution in [0.5, 0.6) is 0 Å². The predicted molar refractivity (Wildman–Crippen MR) is 110 cm³/mol. The summed E-state index contributed by atoms with van der Waals surface area (Å²) in [7, 11) is 1.71. The van der Waals surface area contributed by atoms with E-state index in [2.05, 4.69) is 20.5 Å². The molecule has 1 amide bonds. The molecule has 1 unspecified atom stereocenters. The Morgan fingerprint density at radius 2 is 2.23 bits per heavy atom. The third kappa shape index (κ3) is 4.43. The first kappa shape index (κ1) is 20.4. The van der Waals surface area contributed by atoms with Crippen molar-refractivity contribution in [3.63, 3.8) is 0 Å². The van der Waals surface area contributed by atoms with Crippen LogP contribution in [0.1, 0.15) is 24.8 Å². The number of guanidine groups is 1. The lowest BCUT2D eigenvalue weighted by atomic mass is 9.79. The van der Waals surface area contributed by atoms with Crippen molar-refractivity contribution in [2.24, 2.45) is 10.4 Å². The molecule has 0 aromatic heterocycles. The van der Waals surface area contributed by atoms with Gasteiger partial charge in [0.25, 0.3) is 5.69 Å². The molecule has 26 heavy (non-hydrogen) atoms. The van der Waals surface area contributed by atoms with Crippen LogP contribution >= 0.6 is 24.0 Å². The van der Waals surface area contributed by atoms with Crippen LogP contribution in [0.4, 0.5) is 5.69 Å². The zero-order valence-corrected chi connectivity index (χ0v) is 17.1. The number of carbonyl (C=O) groups excluding carboxylic acids is 1. The molecular weight excluding hydrogens is 449 g/mol. The van der Waals surface area contributed by atoms with E-state index < -0.39 is 0 Å². The zero-order valence-electron chi connectivity index (χ0n) is 14.7. The Bertz CT molecular complexity index is 711. The Hall–Kier alpha value is -1.91. The molecule has 2 N–H and O–H groups in total. The average molecular weight is 473 g/mol. The maximum absolute atomic E-state index is 11.6. The molecule has 9 heteroatoms. The van der Waals surface area contributed by atoms with E-state index in [1.807, 2.05) is 0 Å². The van der Waals surface area contributed by atoms with E-state index in [-0.39, 0.29) is 45.9 Å². The minimum atomic E-state index is -0.370. The van der Waals surface area contributed by atoms with Crippen LogP contribution in [-0.4, -0.2) is 48.4 Å². The molecule has 1 aromatic rings. The molecule has 2 aliphatic heterocycles. The molecule has 2 saturated heterocycles. The molecule has 2 aliphatic rings. The van der Waals surface area contributed by atoms with Crippen molar-refractivity contribution in [3.05, 3.63) is 39.9 Å². The summed E-state index contributed by atoms with van der Waals surface area (Å²) < 4.78 is 0. The van der Waals surface area contributed by atoms with Crippen LogP contribution < -0.4 is 10.6 Å². The number of hydrogen-bond acceptors (Lipinski definition) is 4. The van der Waals surface area contributed by atoms with Crippen molar-refractivity contribution in [3.8, 4) is 0 Å². The van der Waals surface area contributed by atoms with Crippen LogP contribution in [0.3, 0.4) is 0 Å². The molecule has 0 saturated carbocycles. The second kappa shape index (κ2) is 8.65. The van der Waals surface area contributed by atoms with Crippen molar-refractivity contribution in [2.75, 3.05) is 26.7 Å². The first-order chi connectivity index (χ1) is 12.0. The van der Waals surface area contributed by atoms with Gasteiger partial charge in [0.1, 0.15) is 0 Å². The van der Waals surface area contributed by atoms with Crippen LogP contribution in [0.15, 0.2) is 29.3 Å². The number of nitrogens with zero attached hydrogens (tertiary/aromatic N) is 3. The summed E-state index contributed by atoms with van der Waals surface area (Å²) in [4.78, 5) is 28.9. The number of halogens is 1. The third-order valence-corrected chi connectivity index (χ3v) is 4.99. The molecule has 0 bridgehead atoms. The highest BCUT2D eigenvalue weighted by molar-refractivity contribution is 14.0. The number of carbonyl (C=O) groups is 1. The second-order valence-electron chi connectivity index (χ2n) is 6.77. The average Bonchev–Trinajstić information content (AvgIpc) is 2.95. The molecule has 3 rings (SSSR count). The van der Waals surface area contributed by atoms with E-state index in [1.54, 1.807) is 25.2 Å². The van der Waals surface area contributed by atoms with Gasteiger partial charge in [0.2, 0.25) is 5.91 Å². The fourth-order valence-electron chi connectivity index (χ4n) is 3.77. The van der Waals surface area contributed by atoms with Gasteiger partial charge in [0.15, 0.2) is 5.96 Å². The van der Waals surface area contributed by atoms with Gasteiger partial charge in [-0.05, 0) is 12.8 Å². The molecule has 0 radical (unpaired) electrons. The number of nitrogens with one attached hydrogen (secondary N) is 2. The Kier molecular flexibility index (Phi) is 6.79. The number of rotatable bonds is 3. The maximum atomic E-state index is 11.6. The van der Waals surface area contributed by atoms with Crippen LogP contribution in [0, 0.1) is 15.5 Å². The minimum absolute atomic E-state index is 0. The third-order valence-electron chi connectivity index (χ3n) is 4.99. The molecule has 2 heterocycles. The summed E-state index contributed by atoms with van der Waals surface area (Å²) in [5.74, 6) is 0.835. The molecule has 1 atom stereocenters. The van der Waals surface area contributed by atoms with E-state index >= 15 is 0 Å². The number of benzene rings is 1. The fraction of sp³-hybridized carbons (Fsp3) is 0.529. The van der Waals surface area contributed by atoms with E-state index in [0.717, 1.165) is 31.9 Å². The standard InChI is InChI=1S/C17H23N5O3.HI/c1-18-16(19-10-13-5-2-3-6-14(13)22(24)25)21-8-4-7-17(12-21)9-15(23)20-11-17;/h2-3,5-6H,4,7-12H2,1H3,(H,18,19)(H,20,23);1H. The van der Waals surface area contributed by atoms with E-state index in [4.69, 9.17) is 0 Å². The normalized spacial score (nSPS) is 22.7. The highest BCUT2D eigenvalue weighted by atomic mass is 127.